The van der Waals surface area contributed by atoms with E-state index in [1.165, 1.54) is 6.07 Å². The number of benzene rings is 2. The van der Waals surface area contributed by atoms with Gasteiger partial charge in [-0.3, -0.25) is 4.79 Å². The average Bonchev–Trinajstić information content (AvgIpc) is 2.47. The summed E-state index contributed by atoms with van der Waals surface area (Å²) in [5.74, 6) is -0.327. The van der Waals surface area contributed by atoms with Crippen molar-refractivity contribution >= 4 is 29.1 Å². The maximum atomic E-state index is 12.2. The molecule has 0 radical (unpaired) electrons. The zero-order valence-corrected chi connectivity index (χ0v) is 12.7. The van der Waals surface area contributed by atoms with Crippen molar-refractivity contribution in [1.82, 2.24) is 5.32 Å². The molecule has 0 saturated carbocycles. The van der Waals surface area contributed by atoms with E-state index in [0.717, 1.165) is 5.56 Å². The van der Waals surface area contributed by atoms with Crippen LogP contribution < -0.4 is 5.32 Å². The van der Waals surface area contributed by atoms with E-state index in [-0.39, 0.29) is 23.6 Å². The van der Waals surface area contributed by atoms with E-state index in [9.17, 15) is 9.90 Å². The summed E-state index contributed by atoms with van der Waals surface area (Å²) in [4.78, 5) is 12.2. The fourth-order valence-corrected chi connectivity index (χ4v) is 2.49. The maximum absolute atomic E-state index is 12.2. The van der Waals surface area contributed by atoms with Crippen LogP contribution in [0.15, 0.2) is 48.5 Å². The highest BCUT2D eigenvalue weighted by Crippen LogP contribution is 2.21. The van der Waals surface area contributed by atoms with Gasteiger partial charge in [-0.05, 0) is 30.2 Å². The number of rotatable bonds is 5. The minimum absolute atomic E-state index is 0.147. The molecule has 0 aliphatic rings. The Morgan fingerprint density at radius 2 is 1.86 bits per heavy atom. The highest BCUT2D eigenvalue weighted by Gasteiger charge is 2.16. The van der Waals surface area contributed by atoms with E-state index in [2.05, 4.69) is 5.32 Å². The predicted molar refractivity (Wildman–Crippen MR) is 84.9 cm³/mol. The van der Waals surface area contributed by atoms with Crippen molar-refractivity contribution in [2.75, 3.05) is 6.61 Å². The largest absolute Gasteiger partial charge is 0.394 e. The molecule has 2 N–H and O–H groups in total. The molecule has 0 heterocycles. The monoisotopic (exact) mass is 323 g/mol. The number of aliphatic hydroxyl groups excluding tert-OH is 1. The third kappa shape index (κ3) is 4.46. The number of hydrogen-bond donors (Lipinski definition) is 2. The minimum Gasteiger partial charge on any atom is -0.394 e. The molecule has 0 fully saturated rings. The van der Waals surface area contributed by atoms with Crippen LogP contribution in [0.2, 0.25) is 10.0 Å². The second kappa shape index (κ2) is 7.46. The van der Waals surface area contributed by atoms with Crippen molar-refractivity contribution in [1.29, 1.82) is 0 Å². The number of carbonyl (C=O) groups is 1. The van der Waals surface area contributed by atoms with Gasteiger partial charge in [0.05, 0.1) is 23.2 Å². The third-order valence-electron chi connectivity index (χ3n) is 3.06. The molecular formula is C16H15Cl2NO2. The lowest BCUT2D eigenvalue weighted by atomic mass is 10.1. The maximum Gasteiger partial charge on any atom is 0.253 e. The topological polar surface area (TPSA) is 49.3 Å². The summed E-state index contributed by atoms with van der Waals surface area (Å²) < 4.78 is 0. The lowest BCUT2D eigenvalue weighted by molar-refractivity contribution is 0.0916. The van der Waals surface area contributed by atoms with Crippen molar-refractivity contribution < 1.29 is 9.90 Å². The Bertz CT molecular complexity index is 617. The molecule has 0 bridgehead atoms. The molecule has 1 amide bonds. The van der Waals surface area contributed by atoms with E-state index in [4.69, 9.17) is 23.2 Å². The van der Waals surface area contributed by atoms with Crippen molar-refractivity contribution in [2.45, 2.75) is 12.5 Å². The molecule has 3 nitrogen and oxygen atoms in total. The van der Waals surface area contributed by atoms with E-state index in [0.29, 0.717) is 17.0 Å². The second-order valence-corrected chi connectivity index (χ2v) is 5.51. The van der Waals surface area contributed by atoms with Gasteiger partial charge in [0.15, 0.2) is 0 Å². The van der Waals surface area contributed by atoms with E-state index < -0.39 is 0 Å². The van der Waals surface area contributed by atoms with Crippen molar-refractivity contribution in [3.63, 3.8) is 0 Å². The van der Waals surface area contributed by atoms with E-state index in [1.807, 2.05) is 30.3 Å². The molecule has 0 saturated heterocycles. The molecule has 2 rings (SSSR count). The zero-order valence-electron chi connectivity index (χ0n) is 11.2. The standard InChI is InChI=1S/C16H15Cl2NO2/c17-12-6-7-14(15(18)9-12)16(21)19-13(10-20)8-11-4-2-1-3-5-11/h1-7,9,13,20H,8,10H2,(H,19,21)/t13-/m0/s1. The summed E-state index contributed by atoms with van der Waals surface area (Å²) >= 11 is 11.8. The summed E-state index contributed by atoms with van der Waals surface area (Å²) in [5, 5.41) is 13.0. The molecule has 5 heteroatoms. The van der Waals surface area contributed by atoms with Gasteiger partial charge in [-0.2, -0.15) is 0 Å². The smallest absolute Gasteiger partial charge is 0.253 e. The highest BCUT2D eigenvalue weighted by molar-refractivity contribution is 6.36. The summed E-state index contributed by atoms with van der Waals surface area (Å²) in [6, 6.07) is 14.0. The van der Waals surface area contributed by atoms with Crippen LogP contribution in [0.4, 0.5) is 0 Å². The number of nitrogens with one attached hydrogen (secondary N) is 1. The summed E-state index contributed by atoms with van der Waals surface area (Å²) in [5.41, 5.74) is 1.38. The first-order chi connectivity index (χ1) is 10.1. The number of amides is 1. The highest BCUT2D eigenvalue weighted by atomic mass is 35.5. The Morgan fingerprint density at radius 1 is 1.14 bits per heavy atom. The Hall–Kier alpha value is -1.55. The molecular weight excluding hydrogens is 309 g/mol. The molecule has 0 unspecified atom stereocenters. The average molecular weight is 324 g/mol. The molecule has 0 spiro atoms. The van der Waals surface area contributed by atoms with Crippen LogP contribution in [0.3, 0.4) is 0 Å². The number of carbonyl (C=O) groups excluding carboxylic acids is 1. The first kappa shape index (κ1) is 15.8. The van der Waals surface area contributed by atoms with Crippen molar-refractivity contribution in [3.8, 4) is 0 Å². The molecule has 110 valence electrons. The Labute approximate surface area is 133 Å². The van der Waals surface area contributed by atoms with E-state index >= 15 is 0 Å². The van der Waals surface area contributed by atoms with Crippen LogP contribution in [0, 0.1) is 0 Å². The van der Waals surface area contributed by atoms with Gasteiger partial charge in [-0.1, -0.05) is 53.5 Å². The van der Waals surface area contributed by atoms with Gasteiger partial charge in [-0.15, -0.1) is 0 Å². The molecule has 0 aliphatic carbocycles. The molecule has 0 aromatic heterocycles. The van der Waals surface area contributed by atoms with Crippen LogP contribution in [-0.4, -0.2) is 23.7 Å². The summed E-state index contributed by atoms with van der Waals surface area (Å²) in [6.07, 6.45) is 0.550. The van der Waals surface area contributed by atoms with E-state index in [1.54, 1.807) is 12.1 Å². The van der Waals surface area contributed by atoms with Crippen LogP contribution in [-0.2, 0) is 6.42 Å². The van der Waals surface area contributed by atoms with Crippen molar-refractivity contribution in [2.24, 2.45) is 0 Å². The van der Waals surface area contributed by atoms with Crippen LogP contribution >= 0.6 is 23.2 Å². The molecule has 0 aliphatic heterocycles. The van der Waals surface area contributed by atoms with Crippen LogP contribution in [0.25, 0.3) is 0 Å². The SMILES string of the molecule is O=C(N[C@H](CO)Cc1ccccc1)c1ccc(Cl)cc1Cl. The zero-order chi connectivity index (χ0) is 15.2. The van der Waals surface area contributed by atoms with Crippen LogP contribution in [0.5, 0.6) is 0 Å². The first-order valence-corrected chi connectivity index (χ1v) is 7.26. The first-order valence-electron chi connectivity index (χ1n) is 6.51. The van der Waals surface area contributed by atoms with Gasteiger partial charge in [0.25, 0.3) is 5.91 Å². The Morgan fingerprint density at radius 3 is 2.48 bits per heavy atom. The quantitative estimate of drug-likeness (QED) is 0.886. The molecule has 21 heavy (non-hydrogen) atoms. The number of aliphatic hydroxyl groups is 1. The fourth-order valence-electron chi connectivity index (χ4n) is 2.00. The number of hydrogen-bond acceptors (Lipinski definition) is 2. The van der Waals surface area contributed by atoms with Gasteiger partial charge < -0.3 is 10.4 Å². The van der Waals surface area contributed by atoms with Gasteiger partial charge in [0.1, 0.15) is 0 Å². The summed E-state index contributed by atoms with van der Waals surface area (Å²) in [6.45, 7) is -0.147. The van der Waals surface area contributed by atoms with Gasteiger partial charge in [0.2, 0.25) is 0 Å². The number of halogens is 2. The molecule has 2 aromatic carbocycles. The lowest BCUT2D eigenvalue weighted by Crippen LogP contribution is -2.39. The van der Waals surface area contributed by atoms with Gasteiger partial charge in [-0.25, -0.2) is 0 Å². The van der Waals surface area contributed by atoms with Crippen LogP contribution in [0.1, 0.15) is 15.9 Å². The Balaban J connectivity index is 2.06. The molecule has 1 atom stereocenters. The van der Waals surface area contributed by atoms with Gasteiger partial charge >= 0.3 is 0 Å². The minimum atomic E-state index is -0.369. The predicted octanol–water partition coefficient (Wildman–Crippen LogP) is 3.33. The Kier molecular flexibility index (Phi) is 5.62. The normalized spacial score (nSPS) is 12.0. The van der Waals surface area contributed by atoms with Crippen molar-refractivity contribution in [3.05, 3.63) is 69.7 Å². The molecule has 2 aromatic rings. The fraction of sp³-hybridized carbons (Fsp3) is 0.188. The summed E-state index contributed by atoms with van der Waals surface area (Å²) in [7, 11) is 0. The van der Waals surface area contributed by atoms with Gasteiger partial charge in [0, 0.05) is 5.02 Å². The lowest BCUT2D eigenvalue weighted by Gasteiger charge is -2.17. The second-order valence-electron chi connectivity index (χ2n) is 4.67. The third-order valence-corrected chi connectivity index (χ3v) is 3.60.